The van der Waals surface area contributed by atoms with Gasteiger partial charge in [0.05, 0.1) is 11.8 Å². The maximum Gasteiger partial charge on any atom is 0.124 e. The molecule has 1 aromatic carbocycles. The number of likely N-dealkylation sites (tertiary alicyclic amines) is 1. The van der Waals surface area contributed by atoms with Gasteiger partial charge in [0.1, 0.15) is 12.1 Å². The van der Waals surface area contributed by atoms with Crippen LogP contribution in [0.2, 0.25) is 0 Å². The average Bonchev–Trinajstić information content (AvgIpc) is 3.01. The number of aliphatic hydroxyl groups is 1. The number of benzene rings is 1. The molecule has 0 bridgehead atoms. The highest BCUT2D eigenvalue weighted by molar-refractivity contribution is 5.21. The Kier molecular flexibility index (Phi) is 3.31. The molecule has 0 amide bonds. The first-order valence-corrected chi connectivity index (χ1v) is 6.29. The largest absolute Gasteiger partial charge is 0.392 e. The zero-order chi connectivity index (χ0) is 13.2. The first-order valence-electron chi connectivity index (χ1n) is 6.29. The van der Waals surface area contributed by atoms with Crippen LogP contribution >= 0.6 is 0 Å². The standard InChI is InChI=1S/C14H15FN2O2/c15-11-3-1-10(2-4-11)14-7-13(18)9-17(14)8-12-5-6-19-16-12/h1-6,13-14,18H,7-9H2. The Bertz CT molecular complexity index is 527. The van der Waals surface area contributed by atoms with Gasteiger partial charge in [0, 0.05) is 25.2 Å². The van der Waals surface area contributed by atoms with Gasteiger partial charge in [0.2, 0.25) is 0 Å². The minimum atomic E-state index is -0.359. The van der Waals surface area contributed by atoms with E-state index in [1.807, 2.05) is 6.07 Å². The molecular formula is C14H15FN2O2. The normalized spacial score (nSPS) is 23.9. The third-order valence-electron chi connectivity index (χ3n) is 3.49. The van der Waals surface area contributed by atoms with Gasteiger partial charge in [-0.1, -0.05) is 17.3 Å². The minimum absolute atomic E-state index is 0.0901. The zero-order valence-corrected chi connectivity index (χ0v) is 10.4. The van der Waals surface area contributed by atoms with Crippen LogP contribution < -0.4 is 0 Å². The molecule has 1 fully saturated rings. The highest BCUT2D eigenvalue weighted by Gasteiger charge is 2.32. The van der Waals surface area contributed by atoms with E-state index >= 15 is 0 Å². The molecule has 0 aliphatic carbocycles. The monoisotopic (exact) mass is 262 g/mol. The molecule has 5 heteroatoms. The SMILES string of the molecule is OC1CC(c2ccc(F)cc2)N(Cc2ccon2)C1. The molecule has 2 heterocycles. The van der Waals surface area contributed by atoms with Crippen LogP contribution in [0.5, 0.6) is 0 Å². The second-order valence-corrected chi connectivity index (χ2v) is 4.88. The van der Waals surface area contributed by atoms with Gasteiger partial charge < -0.3 is 9.63 Å². The molecule has 19 heavy (non-hydrogen) atoms. The quantitative estimate of drug-likeness (QED) is 0.920. The van der Waals surface area contributed by atoms with Crippen molar-refractivity contribution in [2.45, 2.75) is 25.1 Å². The molecule has 1 aromatic heterocycles. The van der Waals surface area contributed by atoms with Crippen molar-refractivity contribution in [3.8, 4) is 0 Å². The van der Waals surface area contributed by atoms with Crippen LogP contribution in [-0.4, -0.2) is 27.8 Å². The van der Waals surface area contributed by atoms with Gasteiger partial charge in [-0.15, -0.1) is 0 Å². The first-order chi connectivity index (χ1) is 9.22. The maximum atomic E-state index is 13.0. The number of hydrogen-bond donors (Lipinski definition) is 1. The number of aliphatic hydroxyl groups excluding tert-OH is 1. The van der Waals surface area contributed by atoms with E-state index in [0.717, 1.165) is 11.3 Å². The lowest BCUT2D eigenvalue weighted by Gasteiger charge is -2.23. The third kappa shape index (κ3) is 2.67. The predicted octanol–water partition coefficient (Wildman–Crippen LogP) is 2.12. The molecule has 3 rings (SSSR count). The summed E-state index contributed by atoms with van der Waals surface area (Å²) >= 11 is 0. The predicted molar refractivity (Wildman–Crippen MR) is 66.7 cm³/mol. The van der Waals surface area contributed by atoms with Crippen LogP contribution in [0, 0.1) is 5.82 Å². The first kappa shape index (κ1) is 12.3. The lowest BCUT2D eigenvalue weighted by Crippen LogP contribution is -2.24. The molecule has 2 aromatic rings. The number of halogens is 1. The summed E-state index contributed by atoms with van der Waals surface area (Å²) in [4.78, 5) is 2.13. The number of aromatic nitrogens is 1. The summed E-state index contributed by atoms with van der Waals surface area (Å²) in [6.45, 7) is 1.21. The van der Waals surface area contributed by atoms with Gasteiger partial charge >= 0.3 is 0 Å². The summed E-state index contributed by atoms with van der Waals surface area (Å²) in [7, 11) is 0. The molecule has 4 nitrogen and oxygen atoms in total. The summed E-state index contributed by atoms with van der Waals surface area (Å²) in [5.74, 6) is -0.245. The number of nitrogens with zero attached hydrogens (tertiary/aromatic N) is 2. The maximum absolute atomic E-state index is 13.0. The van der Waals surface area contributed by atoms with Crippen LogP contribution in [0.4, 0.5) is 4.39 Å². The van der Waals surface area contributed by atoms with Crippen molar-refractivity contribution in [2.24, 2.45) is 0 Å². The lowest BCUT2D eigenvalue weighted by atomic mass is 10.0. The second-order valence-electron chi connectivity index (χ2n) is 4.88. The number of β-amino-alcohol motifs (C(OH)–C–C–N with tert-alkyl or cyclic N) is 1. The van der Waals surface area contributed by atoms with E-state index in [9.17, 15) is 9.50 Å². The average molecular weight is 262 g/mol. The molecule has 1 aliphatic rings. The van der Waals surface area contributed by atoms with Crippen molar-refractivity contribution < 1.29 is 14.0 Å². The van der Waals surface area contributed by atoms with Crippen molar-refractivity contribution in [3.05, 3.63) is 53.7 Å². The Balaban J connectivity index is 1.80. The lowest BCUT2D eigenvalue weighted by molar-refractivity contribution is 0.171. The summed E-state index contributed by atoms with van der Waals surface area (Å²) in [6.07, 6.45) is 1.83. The van der Waals surface area contributed by atoms with Crippen molar-refractivity contribution >= 4 is 0 Å². The fourth-order valence-corrected chi connectivity index (χ4v) is 2.61. The zero-order valence-electron chi connectivity index (χ0n) is 10.4. The highest BCUT2D eigenvalue weighted by atomic mass is 19.1. The highest BCUT2D eigenvalue weighted by Crippen LogP contribution is 2.33. The van der Waals surface area contributed by atoms with Gasteiger partial charge in [-0.3, -0.25) is 4.90 Å². The van der Waals surface area contributed by atoms with Crippen molar-refractivity contribution in [1.82, 2.24) is 10.1 Å². The van der Waals surface area contributed by atoms with Crippen molar-refractivity contribution in [1.29, 1.82) is 0 Å². The second kappa shape index (κ2) is 5.11. The Morgan fingerprint density at radius 2 is 2.11 bits per heavy atom. The smallest absolute Gasteiger partial charge is 0.124 e. The van der Waals surface area contributed by atoms with E-state index in [-0.39, 0.29) is 18.0 Å². The Hall–Kier alpha value is -1.72. The summed E-state index contributed by atoms with van der Waals surface area (Å²) in [5.41, 5.74) is 1.85. The van der Waals surface area contributed by atoms with Gasteiger partial charge in [0.25, 0.3) is 0 Å². The van der Waals surface area contributed by atoms with Gasteiger partial charge in [-0.25, -0.2) is 4.39 Å². The minimum Gasteiger partial charge on any atom is -0.392 e. The summed E-state index contributed by atoms with van der Waals surface area (Å²) in [5, 5.41) is 13.7. The number of rotatable bonds is 3. The van der Waals surface area contributed by atoms with Crippen LogP contribution in [0.15, 0.2) is 41.1 Å². The van der Waals surface area contributed by atoms with Crippen molar-refractivity contribution in [3.63, 3.8) is 0 Å². The fourth-order valence-electron chi connectivity index (χ4n) is 2.61. The third-order valence-corrected chi connectivity index (χ3v) is 3.49. The Morgan fingerprint density at radius 1 is 1.32 bits per heavy atom. The summed E-state index contributed by atoms with van der Waals surface area (Å²) < 4.78 is 17.8. The molecule has 0 saturated carbocycles. The van der Waals surface area contributed by atoms with Gasteiger partial charge in [-0.05, 0) is 24.1 Å². The topological polar surface area (TPSA) is 49.5 Å². The Morgan fingerprint density at radius 3 is 2.79 bits per heavy atom. The Labute approximate surface area is 110 Å². The molecule has 2 unspecified atom stereocenters. The molecule has 0 spiro atoms. The van der Waals surface area contributed by atoms with Crippen LogP contribution in [-0.2, 0) is 6.54 Å². The van der Waals surface area contributed by atoms with Crippen molar-refractivity contribution in [2.75, 3.05) is 6.54 Å². The molecular weight excluding hydrogens is 247 g/mol. The van der Waals surface area contributed by atoms with Crippen LogP contribution in [0.25, 0.3) is 0 Å². The molecule has 1 aliphatic heterocycles. The number of hydrogen-bond acceptors (Lipinski definition) is 4. The molecule has 1 saturated heterocycles. The van der Waals surface area contributed by atoms with E-state index in [1.54, 1.807) is 12.1 Å². The van der Waals surface area contributed by atoms with E-state index in [2.05, 4.69) is 10.1 Å². The molecule has 2 atom stereocenters. The van der Waals surface area contributed by atoms with Gasteiger partial charge in [-0.2, -0.15) is 0 Å². The van der Waals surface area contributed by atoms with Crippen LogP contribution in [0.1, 0.15) is 23.7 Å². The summed E-state index contributed by atoms with van der Waals surface area (Å²) in [6, 6.07) is 8.35. The van der Waals surface area contributed by atoms with E-state index < -0.39 is 0 Å². The van der Waals surface area contributed by atoms with Gasteiger partial charge in [0.15, 0.2) is 0 Å². The fraction of sp³-hybridized carbons (Fsp3) is 0.357. The van der Waals surface area contributed by atoms with E-state index in [1.165, 1.54) is 18.4 Å². The molecule has 1 N–H and O–H groups in total. The van der Waals surface area contributed by atoms with E-state index in [0.29, 0.717) is 19.5 Å². The molecule has 100 valence electrons. The molecule has 0 radical (unpaired) electrons. The van der Waals surface area contributed by atoms with Crippen LogP contribution in [0.3, 0.4) is 0 Å². The van der Waals surface area contributed by atoms with E-state index in [4.69, 9.17) is 4.52 Å².